The zero-order valence-corrected chi connectivity index (χ0v) is 61.7. The monoisotopic (exact) mass is 1470 g/mol. The lowest BCUT2D eigenvalue weighted by Gasteiger charge is -2.26. The van der Waals surface area contributed by atoms with E-state index in [9.17, 15) is 29.1 Å². The van der Waals surface area contributed by atoms with Crippen molar-refractivity contribution in [3.63, 3.8) is 0 Å². The van der Waals surface area contributed by atoms with Crippen LogP contribution in [-0.2, 0) is 61.4 Å². The molecule has 14 heteroatoms. The number of carboxylic acids is 1. The van der Waals surface area contributed by atoms with E-state index in [0.29, 0.717) is 23.8 Å². The summed E-state index contributed by atoms with van der Waals surface area (Å²) in [6, 6.07) is 112. The van der Waals surface area contributed by atoms with Crippen LogP contribution in [0.25, 0.3) is 0 Å². The van der Waals surface area contributed by atoms with E-state index in [1.165, 1.54) is 44.9 Å². The Kier molecular flexibility index (Phi) is 22.8. The van der Waals surface area contributed by atoms with Gasteiger partial charge in [0.2, 0.25) is 0 Å². The molecular weight excluding hydrogens is 1400 g/mol. The maximum absolute atomic E-state index is 12.9. The average molecular weight is 1470 g/mol. The molecule has 0 fully saturated rings. The number of carbonyl (C=O) groups is 5. The van der Waals surface area contributed by atoms with Crippen LogP contribution in [0.3, 0.4) is 0 Å². The second-order valence-corrected chi connectivity index (χ2v) is 27.6. The molecule has 12 nitrogen and oxygen atoms in total. The Labute approximate surface area is 645 Å². The van der Waals surface area contributed by atoms with E-state index < -0.39 is 23.8 Å². The molecule has 0 aliphatic carbocycles. The number of methoxy groups -OCH3 is 1. The topological polar surface area (TPSA) is 137 Å². The molecule has 4 aliphatic heterocycles. The molecule has 0 aromatic heterocycles. The number of para-hydroxylation sites is 4. The van der Waals surface area contributed by atoms with Gasteiger partial charge < -0.3 is 19.5 Å². The van der Waals surface area contributed by atoms with E-state index >= 15 is 0 Å². The minimum Gasteiger partial charge on any atom is -0.474 e. The molecule has 1 N–H and O–H groups in total. The zero-order chi connectivity index (χ0) is 75.3. The summed E-state index contributed by atoms with van der Waals surface area (Å²) in [7, 11) is 1.41. The lowest BCUT2D eigenvalue weighted by Crippen LogP contribution is -2.37. The summed E-state index contributed by atoms with van der Waals surface area (Å²) < 4.78 is 10.0. The van der Waals surface area contributed by atoms with Crippen molar-refractivity contribution < 1.29 is 38.6 Å². The predicted octanol–water partition coefficient (Wildman–Crippen LogP) is 20.7. The van der Waals surface area contributed by atoms with Crippen molar-refractivity contribution in [1.29, 1.82) is 0 Å². The second-order valence-electron chi connectivity index (χ2n) is 26.8. The summed E-state index contributed by atoms with van der Waals surface area (Å²) in [6.45, 7) is 4.65. The van der Waals surface area contributed by atoms with Crippen LogP contribution >= 0.6 is 23.2 Å². The van der Waals surface area contributed by atoms with Crippen LogP contribution in [0.2, 0.25) is 10.0 Å². The second kappa shape index (κ2) is 33.9. The fourth-order valence-electron chi connectivity index (χ4n) is 15.6. The fourth-order valence-corrected chi connectivity index (χ4v) is 16.1. The molecular formula is C95H78Cl2N4O8. The van der Waals surface area contributed by atoms with Gasteiger partial charge in [0.05, 0.1) is 39.0 Å². The summed E-state index contributed by atoms with van der Waals surface area (Å²) in [5, 5.41) is 10.8. The lowest BCUT2D eigenvalue weighted by molar-refractivity contribution is -0.153. The Bertz CT molecular complexity index is 5450. The smallest absolute Gasteiger partial charge is 0.414 e. The van der Waals surface area contributed by atoms with Crippen LogP contribution in [0.4, 0.5) is 27.5 Å². The third kappa shape index (κ3) is 15.7. The van der Waals surface area contributed by atoms with Crippen LogP contribution in [0.1, 0.15) is 125 Å². The molecule has 540 valence electrons. The van der Waals surface area contributed by atoms with Crippen molar-refractivity contribution in [2.24, 2.45) is 0 Å². The normalized spacial score (nSPS) is 15.4. The van der Waals surface area contributed by atoms with Crippen LogP contribution in [0.15, 0.2) is 334 Å². The number of halogens is 2. The van der Waals surface area contributed by atoms with Crippen LogP contribution in [-0.4, -0.2) is 48.7 Å². The molecule has 13 aromatic rings. The van der Waals surface area contributed by atoms with Crippen LogP contribution in [0, 0.1) is 0 Å². The Morgan fingerprint density at radius 2 is 0.642 bits per heavy atom. The van der Waals surface area contributed by atoms with Crippen LogP contribution < -0.4 is 19.6 Å². The number of carbonyl (C=O) groups excluding carboxylic acids is 4. The molecule has 4 heterocycles. The van der Waals surface area contributed by atoms with E-state index in [0.717, 1.165) is 102 Å². The Balaban J connectivity index is 0.000000122. The van der Waals surface area contributed by atoms with E-state index in [-0.39, 0.29) is 42.9 Å². The molecule has 4 aliphatic rings. The standard InChI is InChI=1S/C27H22ClN.C24H21NO3.C22H18ClNO2.C22H17NO3/c28-25-16-8-6-14-23(25)27-22-13-5-4-12-21(22)19-29(18-20-10-2-1-3-11-20)26-17-9-7-15-24(26)27;1-2-28-24(27)23(26)25-16-18-12-6-7-13-19(18)22(17-10-4-3-5-11-17)20-14-8-9-15-21(20)25;1-26-22(25)24-14-15-8-2-3-9-16(15)21(17-10-4-6-12-19(17)23)18-11-5-7-13-20(18)24;24-21(22(25)26)23-14-16-10-4-5-11-17(16)20(15-8-2-1-3-9-15)18-12-6-7-13-19(18)23/h1-17,27H,18-19H2;3-15,22H,2,16H2,1H3;2-13,21H,14H2,1H3;1-13,20H,14H2,(H,25,26). The molecule has 0 saturated carbocycles. The number of hydrogen-bond acceptors (Lipinski definition) is 8. The summed E-state index contributed by atoms with van der Waals surface area (Å²) in [4.78, 5) is 68.5. The number of anilines is 4. The van der Waals surface area contributed by atoms with E-state index in [1.54, 1.807) is 11.8 Å². The van der Waals surface area contributed by atoms with Crippen LogP contribution in [0.5, 0.6) is 0 Å². The number of nitrogens with zero attached hydrogens (tertiary/aromatic N) is 4. The molecule has 0 bridgehead atoms. The van der Waals surface area contributed by atoms with Crippen molar-refractivity contribution in [3.8, 4) is 0 Å². The molecule has 13 aromatic carbocycles. The fraction of sp³-hybridized carbons (Fsp3) is 0.126. The Morgan fingerprint density at radius 1 is 0.339 bits per heavy atom. The maximum Gasteiger partial charge on any atom is 0.414 e. The largest absolute Gasteiger partial charge is 0.474 e. The van der Waals surface area contributed by atoms with E-state index in [4.69, 9.17) is 32.7 Å². The van der Waals surface area contributed by atoms with Gasteiger partial charge in [0.15, 0.2) is 0 Å². The molecule has 17 rings (SSSR count). The number of rotatable bonds is 7. The molecule has 3 amide bonds. The maximum atomic E-state index is 12.9. The first-order chi connectivity index (χ1) is 53.4. The highest BCUT2D eigenvalue weighted by molar-refractivity contribution is 6.38. The number of benzene rings is 13. The first-order valence-corrected chi connectivity index (χ1v) is 37.1. The first kappa shape index (κ1) is 73.3. The summed E-state index contributed by atoms with van der Waals surface area (Å²) in [5.41, 5.74) is 22.7. The van der Waals surface area contributed by atoms with Gasteiger partial charge in [0.25, 0.3) is 0 Å². The van der Waals surface area contributed by atoms with Gasteiger partial charge >= 0.3 is 29.8 Å². The molecule has 0 radical (unpaired) electrons. The SMILES string of the molecule is CCOC(=O)C(=O)N1Cc2ccccc2C(c2ccccc2)c2ccccc21.COC(=O)N1Cc2ccccc2C(c2ccccc2Cl)c2ccccc21.Clc1ccccc1C1c2ccccc2CN(Cc2ccccc2)c2ccccc21.O=C(O)C(=O)N1Cc2ccccc2C(c2ccccc2)c2ccccc21. The number of aliphatic carboxylic acids is 1. The van der Waals surface area contributed by atoms with E-state index in [2.05, 4.69) is 150 Å². The number of ether oxygens (including phenoxy) is 2. The van der Waals surface area contributed by atoms with Crippen molar-refractivity contribution in [2.45, 2.75) is 63.3 Å². The van der Waals surface area contributed by atoms with Gasteiger partial charge in [-0.3, -0.25) is 24.3 Å². The number of esters is 1. The van der Waals surface area contributed by atoms with Crippen molar-refractivity contribution in [3.05, 3.63) is 438 Å². The average Bonchev–Trinajstić information content (AvgIpc) is 1.76. The Hall–Kier alpha value is -12.6. The minimum atomic E-state index is -1.45. The Morgan fingerprint density at radius 3 is 1.05 bits per heavy atom. The third-order valence-corrected chi connectivity index (χ3v) is 21.1. The lowest BCUT2D eigenvalue weighted by atomic mass is 9.83. The predicted molar refractivity (Wildman–Crippen MR) is 433 cm³/mol. The molecule has 0 saturated heterocycles. The summed E-state index contributed by atoms with van der Waals surface area (Å²) >= 11 is 13.3. The zero-order valence-electron chi connectivity index (χ0n) is 60.2. The van der Waals surface area contributed by atoms with Gasteiger partial charge in [0, 0.05) is 63.9 Å². The molecule has 4 unspecified atom stereocenters. The van der Waals surface area contributed by atoms with Gasteiger partial charge in [-0.2, -0.15) is 0 Å². The van der Waals surface area contributed by atoms with Gasteiger partial charge in [-0.1, -0.05) is 320 Å². The quantitative estimate of drug-likeness (QED) is 0.122. The molecule has 0 spiro atoms. The van der Waals surface area contributed by atoms with Gasteiger partial charge in [-0.15, -0.1) is 0 Å². The highest BCUT2D eigenvalue weighted by Crippen LogP contribution is 2.49. The first-order valence-electron chi connectivity index (χ1n) is 36.3. The molecule has 4 atom stereocenters. The van der Waals surface area contributed by atoms with Crippen molar-refractivity contribution in [1.82, 2.24) is 0 Å². The van der Waals surface area contributed by atoms with E-state index in [1.807, 2.05) is 188 Å². The number of fused-ring (bicyclic) bond motifs is 8. The van der Waals surface area contributed by atoms with Gasteiger partial charge in [0.1, 0.15) is 0 Å². The third-order valence-electron chi connectivity index (χ3n) is 20.4. The van der Waals surface area contributed by atoms with Gasteiger partial charge in [-0.05, 0) is 138 Å². The number of amides is 3. The number of hydrogen-bond donors (Lipinski definition) is 1. The highest BCUT2D eigenvalue weighted by Gasteiger charge is 2.37. The molecule has 109 heavy (non-hydrogen) atoms. The van der Waals surface area contributed by atoms with Gasteiger partial charge in [-0.25, -0.2) is 14.4 Å². The van der Waals surface area contributed by atoms with Crippen molar-refractivity contribution in [2.75, 3.05) is 33.3 Å². The summed E-state index contributed by atoms with van der Waals surface area (Å²) in [5.74, 6) is -3.84. The van der Waals surface area contributed by atoms with Crippen molar-refractivity contribution >= 4 is 75.8 Å². The highest BCUT2D eigenvalue weighted by atomic mass is 35.5. The summed E-state index contributed by atoms with van der Waals surface area (Å²) in [6.07, 6.45) is -0.368. The number of carboxylic acid groups (broad SMARTS) is 1. The minimum absolute atomic E-state index is 0.0198.